The lowest BCUT2D eigenvalue weighted by Crippen LogP contribution is -2.53. The number of hydrazine groups is 1. The number of carbonyl (C=O) groups excluding carboxylic acids is 4. The van der Waals surface area contributed by atoms with E-state index in [0.717, 1.165) is 3.57 Å². The van der Waals surface area contributed by atoms with Crippen LogP contribution in [0.1, 0.15) is 35.4 Å². The molecule has 4 aliphatic rings. The Labute approximate surface area is 323 Å². The first-order valence-corrected chi connectivity index (χ1v) is 18.3. The highest BCUT2D eigenvalue weighted by Gasteiger charge is 2.70. The van der Waals surface area contributed by atoms with E-state index < -0.39 is 69.5 Å². The van der Waals surface area contributed by atoms with Gasteiger partial charge in [-0.2, -0.15) is 18.2 Å². The summed E-state index contributed by atoms with van der Waals surface area (Å²) in [5.74, 6) is -7.43. The number of nitrogens with zero attached hydrogens (tertiary/aromatic N) is 3. The van der Waals surface area contributed by atoms with Crippen molar-refractivity contribution in [3.63, 3.8) is 0 Å². The molecule has 15 heteroatoms. The second-order valence-electron chi connectivity index (χ2n) is 13.5. The number of phenols is 1. The minimum Gasteiger partial charge on any atom is -0.508 e. The predicted octanol–water partition coefficient (Wildman–Crippen LogP) is 7.91. The van der Waals surface area contributed by atoms with Crippen molar-refractivity contribution in [2.75, 3.05) is 10.3 Å². The van der Waals surface area contributed by atoms with E-state index in [1.165, 1.54) is 11.0 Å². The third kappa shape index (κ3) is 5.44. The molecule has 2 aliphatic heterocycles. The zero-order chi connectivity index (χ0) is 37.6. The number of hydrogen-bond donors (Lipinski definition) is 2. The summed E-state index contributed by atoms with van der Waals surface area (Å²) in [6.45, 7) is 0. The van der Waals surface area contributed by atoms with E-state index in [9.17, 15) is 32.7 Å². The molecule has 9 nitrogen and oxygen atoms in total. The number of aromatic hydroxyl groups is 1. The molecule has 3 heterocycles. The normalized spacial score (nSPS) is 26.7. The van der Waals surface area contributed by atoms with Gasteiger partial charge in [0.2, 0.25) is 11.8 Å². The van der Waals surface area contributed by atoms with E-state index in [-0.39, 0.29) is 30.3 Å². The third-order valence-electron chi connectivity index (χ3n) is 10.9. The summed E-state index contributed by atoms with van der Waals surface area (Å²) in [7, 11) is 0. The van der Waals surface area contributed by atoms with E-state index in [4.69, 9.17) is 23.2 Å². The standard InChI is InChI=1S/C38H26Cl2F3IN4O5/c39-20-7-5-18(6-8-20)37-27(34(51)48(36(37)53)46-32-28(40)15-19(17-45-32)38(41,42)43)16-26-23(31(37)24-3-1-2-4-29(24)49)13-14-25-30(26)35(52)47(33(25)50)22-11-9-21(44)10-12-22/h1-13,15,17,25-27,30-31,49H,14,16H2,(H,45,46). The fourth-order valence-corrected chi connectivity index (χ4v) is 9.40. The minimum atomic E-state index is -4.75. The van der Waals surface area contributed by atoms with E-state index in [0.29, 0.717) is 44.7 Å². The topological polar surface area (TPSA) is 120 Å². The number of amides is 4. The number of pyridine rings is 1. The Morgan fingerprint density at radius 2 is 1.60 bits per heavy atom. The van der Waals surface area contributed by atoms with E-state index in [1.54, 1.807) is 66.7 Å². The number of nitrogens with one attached hydrogen (secondary N) is 1. The van der Waals surface area contributed by atoms with Crippen LogP contribution in [0, 0.1) is 27.2 Å². The Balaban J connectivity index is 1.30. The lowest BCUT2D eigenvalue weighted by Gasteiger charge is -2.50. The summed E-state index contributed by atoms with van der Waals surface area (Å²) in [5.41, 5.74) is 1.43. The smallest absolute Gasteiger partial charge is 0.417 e. The molecule has 53 heavy (non-hydrogen) atoms. The number of para-hydroxylation sites is 1. The number of imide groups is 2. The van der Waals surface area contributed by atoms with Gasteiger partial charge >= 0.3 is 6.18 Å². The SMILES string of the molecule is O=C1C2CC3C(=CCC4C(=O)N(c5ccc(I)cc5)C(=O)C43)C(c3ccccc3O)C2(c2ccc(Cl)cc2)C(=O)N1Nc1ncc(C(F)(F)F)cc1Cl. The van der Waals surface area contributed by atoms with Gasteiger partial charge in [-0.05, 0) is 95.4 Å². The molecule has 1 aromatic heterocycles. The van der Waals surface area contributed by atoms with Gasteiger partial charge in [0, 0.05) is 26.3 Å². The number of fused-ring (bicyclic) bond motifs is 4. The van der Waals surface area contributed by atoms with Crippen LogP contribution in [-0.2, 0) is 30.8 Å². The van der Waals surface area contributed by atoms with Crippen LogP contribution < -0.4 is 10.3 Å². The monoisotopic (exact) mass is 872 g/mol. The Bertz CT molecular complexity index is 2250. The first kappa shape index (κ1) is 35.6. The third-order valence-corrected chi connectivity index (χ3v) is 12.1. The number of carbonyl (C=O) groups is 4. The van der Waals surface area contributed by atoms with E-state index in [1.807, 2.05) is 6.08 Å². The van der Waals surface area contributed by atoms with Crippen LogP contribution in [-0.4, -0.2) is 38.7 Å². The van der Waals surface area contributed by atoms with Crippen LogP contribution in [0.15, 0.2) is 96.7 Å². The highest BCUT2D eigenvalue weighted by atomic mass is 127. The summed E-state index contributed by atoms with van der Waals surface area (Å²) < 4.78 is 41.2. The Hall–Kier alpha value is -4.47. The lowest BCUT2D eigenvalue weighted by atomic mass is 9.49. The molecule has 3 fully saturated rings. The van der Waals surface area contributed by atoms with Crippen molar-refractivity contribution in [2.24, 2.45) is 23.7 Å². The number of benzene rings is 3. The molecule has 0 bridgehead atoms. The fourth-order valence-electron chi connectivity index (χ4n) is 8.70. The molecule has 4 amide bonds. The number of phenolic OH excluding ortho intramolecular Hbond substituents is 1. The molecule has 2 N–H and O–H groups in total. The summed E-state index contributed by atoms with van der Waals surface area (Å²) in [5, 5.41) is 12.0. The molecule has 6 unspecified atom stereocenters. The number of aromatic nitrogens is 1. The van der Waals surface area contributed by atoms with Gasteiger partial charge in [-0.1, -0.05) is 65.2 Å². The van der Waals surface area contributed by atoms with Gasteiger partial charge in [0.05, 0.1) is 39.4 Å². The van der Waals surface area contributed by atoms with E-state index >= 15 is 4.79 Å². The van der Waals surface area contributed by atoms with Gasteiger partial charge in [0.15, 0.2) is 5.82 Å². The van der Waals surface area contributed by atoms with Crippen molar-refractivity contribution in [2.45, 2.75) is 30.4 Å². The lowest BCUT2D eigenvalue weighted by molar-refractivity contribution is -0.139. The van der Waals surface area contributed by atoms with Crippen LogP contribution in [0.2, 0.25) is 10.0 Å². The average Bonchev–Trinajstić information content (AvgIpc) is 3.50. The van der Waals surface area contributed by atoms with Crippen molar-refractivity contribution < 1.29 is 37.5 Å². The summed E-state index contributed by atoms with van der Waals surface area (Å²) in [6.07, 6.45) is -2.24. The molecule has 2 aliphatic carbocycles. The Kier molecular flexibility index (Phi) is 8.61. The van der Waals surface area contributed by atoms with Crippen LogP contribution in [0.3, 0.4) is 0 Å². The maximum Gasteiger partial charge on any atom is 0.417 e. The maximum atomic E-state index is 15.2. The molecule has 0 radical (unpaired) electrons. The number of halogens is 6. The largest absolute Gasteiger partial charge is 0.508 e. The van der Waals surface area contributed by atoms with Gasteiger partial charge in [-0.3, -0.25) is 29.5 Å². The fraction of sp³-hybridized carbons (Fsp3) is 0.237. The van der Waals surface area contributed by atoms with Gasteiger partial charge in [0.1, 0.15) is 5.75 Å². The van der Waals surface area contributed by atoms with Gasteiger partial charge < -0.3 is 5.11 Å². The summed E-state index contributed by atoms with van der Waals surface area (Å²) in [6, 6.07) is 20.4. The highest BCUT2D eigenvalue weighted by molar-refractivity contribution is 14.1. The number of alkyl halides is 3. The van der Waals surface area contributed by atoms with E-state index in [2.05, 4.69) is 33.0 Å². The maximum absolute atomic E-state index is 15.2. The number of hydrogen-bond acceptors (Lipinski definition) is 7. The molecule has 270 valence electrons. The minimum absolute atomic E-state index is 0.0454. The molecule has 2 saturated heterocycles. The molecule has 0 spiro atoms. The molecule has 6 atom stereocenters. The molecular formula is C38H26Cl2F3IN4O5. The van der Waals surface area contributed by atoms with Crippen LogP contribution >= 0.6 is 45.8 Å². The molecule has 4 aromatic rings. The Morgan fingerprint density at radius 1 is 0.906 bits per heavy atom. The quantitative estimate of drug-likeness (QED) is 0.119. The zero-order valence-corrected chi connectivity index (χ0v) is 30.8. The molecule has 1 saturated carbocycles. The molecular weight excluding hydrogens is 847 g/mol. The van der Waals surface area contributed by atoms with Crippen LogP contribution in [0.25, 0.3) is 0 Å². The summed E-state index contributed by atoms with van der Waals surface area (Å²) in [4.78, 5) is 63.3. The van der Waals surface area contributed by atoms with Crippen LogP contribution in [0.5, 0.6) is 5.75 Å². The van der Waals surface area contributed by atoms with Gasteiger partial charge in [0.25, 0.3) is 11.8 Å². The Morgan fingerprint density at radius 3 is 2.26 bits per heavy atom. The first-order chi connectivity index (χ1) is 25.2. The van der Waals surface area contributed by atoms with Crippen molar-refractivity contribution in [3.05, 3.63) is 127 Å². The number of rotatable bonds is 5. The zero-order valence-electron chi connectivity index (χ0n) is 27.2. The second-order valence-corrected chi connectivity index (χ2v) is 15.6. The van der Waals surface area contributed by atoms with Gasteiger partial charge in [-0.25, -0.2) is 4.98 Å². The van der Waals surface area contributed by atoms with Crippen LogP contribution in [0.4, 0.5) is 24.7 Å². The molecule has 8 rings (SSSR count). The second kappa shape index (κ2) is 12.8. The number of anilines is 2. The summed E-state index contributed by atoms with van der Waals surface area (Å²) >= 11 is 14.7. The van der Waals surface area contributed by atoms with Gasteiger partial charge in [-0.15, -0.1) is 0 Å². The highest BCUT2D eigenvalue weighted by Crippen LogP contribution is 2.65. The van der Waals surface area contributed by atoms with Crippen molar-refractivity contribution in [1.29, 1.82) is 0 Å². The molecule has 3 aromatic carbocycles. The average molecular weight is 873 g/mol. The van der Waals surface area contributed by atoms with Crippen molar-refractivity contribution in [3.8, 4) is 5.75 Å². The van der Waals surface area contributed by atoms with Crippen molar-refractivity contribution >= 4 is 80.9 Å². The first-order valence-electron chi connectivity index (χ1n) is 16.5. The van der Waals surface area contributed by atoms with Crippen molar-refractivity contribution in [1.82, 2.24) is 9.99 Å². The number of allylic oxidation sites excluding steroid dienone is 2. The predicted molar refractivity (Wildman–Crippen MR) is 197 cm³/mol.